The van der Waals surface area contributed by atoms with Crippen LogP contribution >= 0.6 is 0 Å². The molecule has 4 heteroatoms. The van der Waals surface area contributed by atoms with Crippen molar-refractivity contribution in [2.75, 3.05) is 11.6 Å². The van der Waals surface area contributed by atoms with Crippen molar-refractivity contribution in [3.05, 3.63) is 29.8 Å². The summed E-state index contributed by atoms with van der Waals surface area (Å²) in [5.41, 5.74) is 2.31. The van der Waals surface area contributed by atoms with E-state index < -0.39 is 9.84 Å². The second kappa shape index (κ2) is 5.31. The summed E-state index contributed by atoms with van der Waals surface area (Å²) >= 11 is 0. The molecule has 18 heavy (non-hydrogen) atoms. The maximum Gasteiger partial charge on any atom is 0.150 e. The van der Waals surface area contributed by atoms with Gasteiger partial charge in [-0.1, -0.05) is 18.6 Å². The van der Waals surface area contributed by atoms with Crippen molar-refractivity contribution >= 4 is 15.5 Å². The summed E-state index contributed by atoms with van der Waals surface area (Å²) in [6, 6.07) is 8.50. The van der Waals surface area contributed by atoms with E-state index in [1.807, 2.05) is 12.1 Å². The van der Waals surface area contributed by atoms with E-state index in [1.54, 1.807) is 0 Å². The van der Waals surface area contributed by atoms with Gasteiger partial charge in [-0.2, -0.15) is 0 Å². The minimum atomic E-state index is -2.90. The van der Waals surface area contributed by atoms with Crippen LogP contribution in [-0.4, -0.2) is 26.0 Å². The molecule has 3 nitrogen and oxygen atoms in total. The monoisotopic (exact) mass is 267 g/mol. The Morgan fingerprint density at radius 3 is 2.72 bits per heavy atom. The molecule has 0 aromatic heterocycles. The molecule has 0 aliphatic heterocycles. The van der Waals surface area contributed by atoms with Crippen LogP contribution in [0.15, 0.2) is 24.3 Å². The van der Waals surface area contributed by atoms with Gasteiger partial charge in [-0.05, 0) is 43.9 Å². The Bertz CT molecular complexity index is 510. The number of hydrogen-bond acceptors (Lipinski definition) is 3. The molecule has 1 aromatic rings. The molecule has 0 heterocycles. The maximum absolute atomic E-state index is 11.6. The number of rotatable bonds is 3. The van der Waals surface area contributed by atoms with E-state index in [-0.39, 0.29) is 11.3 Å². The molecular formula is C14H21NO2S. The quantitative estimate of drug-likeness (QED) is 0.916. The average molecular weight is 267 g/mol. The lowest BCUT2D eigenvalue weighted by Crippen LogP contribution is -2.34. The molecule has 1 saturated carbocycles. The smallest absolute Gasteiger partial charge is 0.150 e. The van der Waals surface area contributed by atoms with Gasteiger partial charge < -0.3 is 5.32 Å². The normalized spacial score (nSPS) is 24.8. The van der Waals surface area contributed by atoms with Crippen molar-refractivity contribution in [1.82, 2.24) is 0 Å². The van der Waals surface area contributed by atoms with E-state index in [4.69, 9.17) is 0 Å². The van der Waals surface area contributed by atoms with E-state index in [0.717, 1.165) is 31.4 Å². The van der Waals surface area contributed by atoms with Gasteiger partial charge in [0.2, 0.25) is 0 Å². The first kappa shape index (κ1) is 13.4. The fourth-order valence-electron chi connectivity index (χ4n) is 2.64. The Balaban J connectivity index is 2.02. The molecule has 0 bridgehead atoms. The molecule has 0 spiro atoms. The van der Waals surface area contributed by atoms with Crippen LogP contribution in [0, 0.1) is 6.92 Å². The van der Waals surface area contributed by atoms with Gasteiger partial charge >= 0.3 is 0 Å². The molecule has 100 valence electrons. The summed E-state index contributed by atoms with van der Waals surface area (Å²) < 4.78 is 23.2. The van der Waals surface area contributed by atoms with E-state index >= 15 is 0 Å². The van der Waals surface area contributed by atoms with E-state index in [9.17, 15) is 8.42 Å². The van der Waals surface area contributed by atoms with Gasteiger partial charge in [0.1, 0.15) is 9.84 Å². The van der Waals surface area contributed by atoms with Gasteiger partial charge in [-0.25, -0.2) is 8.42 Å². The first-order valence-electron chi connectivity index (χ1n) is 6.47. The van der Waals surface area contributed by atoms with Crippen molar-refractivity contribution in [3.8, 4) is 0 Å². The van der Waals surface area contributed by atoms with Crippen LogP contribution in [0.1, 0.15) is 31.2 Å². The third-order valence-corrected chi connectivity index (χ3v) is 5.26. The van der Waals surface area contributed by atoms with Crippen LogP contribution in [0.4, 0.5) is 5.69 Å². The Hall–Kier alpha value is -1.03. The minimum absolute atomic E-state index is 0.173. The summed E-state index contributed by atoms with van der Waals surface area (Å²) in [5.74, 6) is 0. The Kier molecular flexibility index (Phi) is 3.95. The molecule has 0 saturated heterocycles. The minimum Gasteiger partial charge on any atom is -0.382 e. The van der Waals surface area contributed by atoms with E-state index in [2.05, 4.69) is 24.4 Å². The maximum atomic E-state index is 11.6. The predicted molar refractivity (Wildman–Crippen MR) is 75.7 cm³/mol. The molecule has 1 aliphatic rings. The molecule has 0 amide bonds. The third-order valence-electron chi connectivity index (χ3n) is 3.62. The highest BCUT2D eigenvalue weighted by Gasteiger charge is 2.28. The molecule has 1 fully saturated rings. The summed E-state index contributed by atoms with van der Waals surface area (Å²) in [6.07, 6.45) is 4.94. The highest BCUT2D eigenvalue weighted by Crippen LogP contribution is 2.26. The van der Waals surface area contributed by atoms with Gasteiger partial charge in [0.05, 0.1) is 5.25 Å². The van der Waals surface area contributed by atoms with Gasteiger partial charge in [-0.15, -0.1) is 0 Å². The highest BCUT2D eigenvalue weighted by atomic mass is 32.2. The zero-order valence-corrected chi connectivity index (χ0v) is 11.8. The number of hydrogen-bond donors (Lipinski definition) is 1. The van der Waals surface area contributed by atoms with Crippen LogP contribution in [0.3, 0.4) is 0 Å². The average Bonchev–Trinajstić information content (AvgIpc) is 2.28. The van der Waals surface area contributed by atoms with E-state index in [0.29, 0.717) is 0 Å². The highest BCUT2D eigenvalue weighted by molar-refractivity contribution is 7.91. The van der Waals surface area contributed by atoms with Crippen molar-refractivity contribution in [2.45, 2.75) is 43.9 Å². The number of nitrogens with one attached hydrogen (secondary N) is 1. The van der Waals surface area contributed by atoms with Gasteiger partial charge in [0.15, 0.2) is 0 Å². The standard InChI is InChI=1S/C14H21NO2S/c1-11-5-3-6-12(9-11)15-13-7-4-8-14(10-13)18(2,16)17/h3,5-6,9,13-15H,4,7-8,10H2,1-2H3. The Morgan fingerprint density at radius 2 is 2.06 bits per heavy atom. The number of sulfone groups is 1. The Labute approximate surface area is 110 Å². The van der Waals surface area contributed by atoms with Crippen LogP contribution in [-0.2, 0) is 9.84 Å². The SMILES string of the molecule is Cc1cccc(NC2CCCC(S(C)(=O)=O)C2)c1. The van der Waals surface area contributed by atoms with Crippen LogP contribution < -0.4 is 5.32 Å². The number of aryl methyl sites for hydroxylation is 1. The third kappa shape index (κ3) is 3.48. The fourth-order valence-corrected chi connectivity index (χ4v) is 3.81. The largest absolute Gasteiger partial charge is 0.382 e. The van der Waals surface area contributed by atoms with Crippen molar-refractivity contribution in [3.63, 3.8) is 0 Å². The summed E-state index contributed by atoms with van der Waals surface area (Å²) in [5, 5.41) is 3.29. The summed E-state index contributed by atoms with van der Waals surface area (Å²) in [6.45, 7) is 2.06. The molecule has 2 unspecified atom stereocenters. The van der Waals surface area contributed by atoms with Crippen molar-refractivity contribution in [1.29, 1.82) is 0 Å². The lowest BCUT2D eigenvalue weighted by Gasteiger charge is -2.29. The molecule has 1 aliphatic carbocycles. The second-order valence-corrected chi connectivity index (χ2v) is 7.65. The molecular weight excluding hydrogens is 246 g/mol. The molecule has 1 aromatic carbocycles. The fraction of sp³-hybridized carbons (Fsp3) is 0.571. The first-order chi connectivity index (χ1) is 8.45. The van der Waals surface area contributed by atoms with E-state index in [1.165, 1.54) is 11.8 Å². The predicted octanol–water partition coefficient (Wildman–Crippen LogP) is 2.76. The molecule has 1 N–H and O–H groups in total. The second-order valence-electron chi connectivity index (χ2n) is 5.33. The van der Waals surface area contributed by atoms with Gasteiger partial charge in [-0.3, -0.25) is 0 Å². The summed E-state index contributed by atoms with van der Waals surface area (Å²) in [7, 11) is -2.90. The van der Waals surface area contributed by atoms with Crippen LogP contribution in [0.25, 0.3) is 0 Å². The first-order valence-corrected chi connectivity index (χ1v) is 8.42. The molecule has 2 rings (SSSR count). The zero-order valence-electron chi connectivity index (χ0n) is 11.0. The van der Waals surface area contributed by atoms with Gasteiger partial charge in [0.25, 0.3) is 0 Å². The number of benzene rings is 1. The molecule has 0 radical (unpaired) electrons. The Morgan fingerprint density at radius 1 is 1.28 bits per heavy atom. The zero-order chi connectivity index (χ0) is 13.2. The van der Waals surface area contributed by atoms with Gasteiger partial charge in [0, 0.05) is 18.0 Å². The molecule has 2 atom stereocenters. The number of anilines is 1. The lowest BCUT2D eigenvalue weighted by atomic mass is 9.94. The van der Waals surface area contributed by atoms with Crippen LogP contribution in [0.2, 0.25) is 0 Å². The lowest BCUT2D eigenvalue weighted by molar-refractivity contribution is 0.453. The van der Waals surface area contributed by atoms with Crippen molar-refractivity contribution < 1.29 is 8.42 Å². The van der Waals surface area contributed by atoms with Crippen molar-refractivity contribution in [2.24, 2.45) is 0 Å². The topological polar surface area (TPSA) is 46.2 Å². The summed E-state index contributed by atoms with van der Waals surface area (Å²) in [4.78, 5) is 0. The van der Waals surface area contributed by atoms with Crippen LogP contribution in [0.5, 0.6) is 0 Å².